The van der Waals surface area contributed by atoms with Crippen molar-refractivity contribution in [1.82, 2.24) is 9.21 Å². The second-order valence-corrected chi connectivity index (χ2v) is 9.90. The number of hydrogen-bond donors (Lipinski definition) is 0. The number of carbonyl (C=O) groups excluding carboxylic acids is 2. The van der Waals surface area contributed by atoms with E-state index in [4.69, 9.17) is 16.3 Å². The number of carbonyl (C=O) groups is 2. The first-order valence-electron chi connectivity index (χ1n) is 10.1. The second-order valence-electron chi connectivity index (χ2n) is 7.56. The molecule has 1 saturated heterocycles. The minimum Gasteiger partial charge on any atom is -0.452 e. The highest BCUT2D eigenvalue weighted by molar-refractivity contribution is 7.89. The van der Waals surface area contributed by atoms with Gasteiger partial charge in [0.15, 0.2) is 6.61 Å². The summed E-state index contributed by atoms with van der Waals surface area (Å²) >= 11 is 6.09. The van der Waals surface area contributed by atoms with Crippen LogP contribution < -0.4 is 0 Å². The smallest absolute Gasteiger partial charge is 0.340 e. The van der Waals surface area contributed by atoms with Crippen LogP contribution in [0.15, 0.2) is 47.4 Å². The lowest BCUT2D eigenvalue weighted by Crippen LogP contribution is -2.35. The minimum atomic E-state index is -3.75. The van der Waals surface area contributed by atoms with Crippen LogP contribution in [0.2, 0.25) is 5.02 Å². The van der Waals surface area contributed by atoms with Crippen LogP contribution in [-0.2, 0) is 26.1 Å². The van der Waals surface area contributed by atoms with Crippen LogP contribution in [0.3, 0.4) is 0 Å². The number of piperidine rings is 1. The molecule has 172 valence electrons. The predicted octanol–water partition coefficient (Wildman–Crippen LogP) is 3.47. The van der Waals surface area contributed by atoms with Crippen LogP contribution in [0.25, 0.3) is 0 Å². The third-order valence-electron chi connectivity index (χ3n) is 5.20. The number of benzene rings is 2. The highest BCUT2D eigenvalue weighted by Gasteiger charge is 2.27. The van der Waals surface area contributed by atoms with Gasteiger partial charge in [-0.1, -0.05) is 30.2 Å². The third-order valence-corrected chi connectivity index (χ3v) is 7.42. The number of likely N-dealkylation sites (N-methyl/N-ethyl adjacent to an activating group) is 1. The molecule has 0 radical (unpaired) electrons. The van der Waals surface area contributed by atoms with Crippen molar-refractivity contribution in [3.05, 3.63) is 64.4 Å². The zero-order valence-electron chi connectivity index (χ0n) is 17.6. The summed E-state index contributed by atoms with van der Waals surface area (Å²) in [7, 11) is -2.23. The van der Waals surface area contributed by atoms with Crippen molar-refractivity contribution in [2.75, 3.05) is 26.7 Å². The van der Waals surface area contributed by atoms with Crippen LogP contribution in [0.4, 0.5) is 4.39 Å². The van der Waals surface area contributed by atoms with E-state index in [1.807, 2.05) is 0 Å². The molecule has 1 fully saturated rings. The summed E-state index contributed by atoms with van der Waals surface area (Å²) in [6.07, 6.45) is 2.55. The molecule has 7 nitrogen and oxygen atoms in total. The zero-order valence-corrected chi connectivity index (χ0v) is 19.2. The molecule has 10 heteroatoms. The van der Waals surface area contributed by atoms with Crippen LogP contribution in [-0.4, -0.2) is 56.2 Å². The lowest BCUT2D eigenvalue weighted by Gasteiger charge is -2.26. The van der Waals surface area contributed by atoms with Gasteiger partial charge in [0.05, 0.1) is 15.5 Å². The van der Waals surface area contributed by atoms with E-state index >= 15 is 0 Å². The third kappa shape index (κ3) is 5.85. The molecule has 0 aliphatic carbocycles. The van der Waals surface area contributed by atoms with Crippen LogP contribution in [0.5, 0.6) is 0 Å². The van der Waals surface area contributed by atoms with Crippen molar-refractivity contribution >= 4 is 33.5 Å². The lowest BCUT2D eigenvalue weighted by atomic mass is 10.2. The fourth-order valence-electron chi connectivity index (χ4n) is 3.34. The van der Waals surface area contributed by atoms with Gasteiger partial charge in [-0.25, -0.2) is 17.6 Å². The molecule has 0 bridgehead atoms. The van der Waals surface area contributed by atoms with Crippen molar-refractivity contribution in [3.63, 3.8) is 0 Å². The average molecular weight is 483 g/mol. The molecule has 3 rings (SSSR count). The Morgan fingerprint density at radius 1 is 1.09 bits per heavy atom. The van der Waals surface area contributed by atoms with Crippen molar-refractivity contribution < 1.29 is 27.1 Å². The Labute approximate surface area is 191 Å². The molecular formula is C22H24ClFN2O5S. The van der Waals surface area contributed by atoms with Gasteiger partial charge in [0.1, 0.15) is 5.82 Å². The number of amides is 1. The van der Waals surface area contributed by atoms with Gasteiger partial charge in [-0.15, -0.1) is 0 Å². The number of nitrogens with zero attached hydrogens (tertiary/aromatic N) is 2. The summed E-state index contributed by atoms with van der Waals surface area (Å²) in [5.41, 5.74) is 0.589. The fraction of sp³-hybridized carbons (Fsp3) is 0.364. The Morgan fingerprint density at radius 2 is 1.75 bits per heavy atom. The highest BCUT2D eigenvalue weighted by Crippen LogP contribution is 2.25. The molecule has 0 saturated carbocycles. The molecule has 0 unspecified atom stereocenters. The van der Waals surface area contributed by atoms with Crippen LogP contribution in [0.1, 0.15) is 35.2 Å². The second kappa shape index (κ2) is 10.4. The molecule has 1 heterocycles. The molecule has 2 aromatic rings. The molecule has 0 aromatic heterocycles. The maximum atomic E-state index is 13.0. The topological polar surface area (TPSA) is 84.0 Å². The molecule has 1 aliphatic rings. The Balaban J connectivity index is 1.65. The quantitative estimate of drug-likeness (QED) is 0.564. The normalized spacial score (nSPS) is 14.7. The SMILES string of the molecule is CN(Cc1ccc(F)cc1)C(=O)COC(=O)c1cc(S(=O)(=O)N2CCCCC2)ccc1Cl. The van der Waals surface area contributed by atoms with Crippen molar-refractivity contribution in [2.24, 2.45) is 0 Å². The molecular weight excluding hydrogens is 459 g/mol. The highest BCUT2D eigenvalue weighted by atomic mass is 35.5. The first kappa shape index (κ1) is 24.2. The van der Waals surface area contributed by atoms with E-state index in [1.165, 1.54) is 46.6 Å². The van der Waals surface area contributed by atoms with Gasteiger partial charge >= 0.3 is 5.97 Å². The number of halogens is 2. The number of ether oxygens (including phenoxy) is 1. The predicted molar refractivity (Wildman–Crippen MR) is 117 cm³/mol. The van der Waals surface area contributed by atoms with E-state index in [1.54, 1.807) is 12.1 Å². The summed E-state index contributed by atoms with van der Waals surface area (Å²) in [6.45, 7) is 0.524. The van der Waals surface area contributed by atoms with Crippen molar-refractivity contribution in [1.29, 1.82) is 0 Å². The molecule has 2 aromatic carbocycles. The Hall–Kier alpha value is -2.49. The molecule has 1 aliphatic heterocycles. The molecule has 1 amide bonds. The standard InChI is InChI=1S/C22H24ClFN2O5S/c1-25(14-16-5-7-17(24)8-6-16)21(27)15-31-22(28)19-13-18(9-10-20(19)23)32(29,30)26-11-3-2-4-12-26/h5-10,13H,2-4,11-12,14-15H2,1H3. The minimum absolute atomic E-state index is 0.0275. The molecule has 0 N–H and O–H groups in total. The molecule has 32 heavy (non-hydrogen) atoms. The van der Waals surface area contributed by atoms with Gasteiger partial charge in [0, 0.05) is 26.7 Å². The number of sulfonamides is 1. The number of rotatable bonds is 7. The van der Waals surface area contributed by atoms with E-state index in [9.17, 15) is 22.4 Å². The summed E-state index contributed by atoms with van der Waals surface area (Å²) in [6, 6.07) is 9.56. The van der Waals surface area contributed by atoms with Gasteiger partial charge in [-0.05, 0) is 48.7 Å². The van der Waals surface area contributed by atoms with E-state index in [2.05, 4.69) is 0 Å². The number of esters is 1. The van der Waals surface area contributed by atoms with Crippen molar-refractivity contribution in [3.8, 4) is 0 Å². The molecule has 0 atom stereocenters. The van der Waals surface area contributed by atoms with Crippen LogP contribution >= 0.6 is 11.6 Å². The Kier molecular flexibility index (Phi) is 7.86. The van der Waals surface area contributed by atoms with Gasteiger partial charge in [-0.3, -0.25) is 4.79 Å². The maximum Gasteiger partial charge on any atom is 0.340 e. The number of hydrogen-bond acceptors (Lipinski definition) is 5. The summed E-state index contributed by atoms with van der Waals surface area (Å²) in [5, 5.41) is 0.0275. The monoisotopic (exact) mass is 482 g/mol. The zero-order chi connectivity index (χ0) is 23.3. The average Bonchev–Trinajstić information content (AvgIpc) is 2.79. The first-order chi connectivity index (χ1) is 15.2. The lowest BCUT2D eigenvalue weighted by molar-refractivity contribution is -0.133. The van der Waals surface area contributed by atoms with Gasteiger partial charge < -0.3 is 9.64 Å². The fourth-order valence-corrected chi connectivity index (χ4v) is 5.08. The molecule has 0 spiro atoms. The maximum absolute atomic E-state index is 13.0. The van der Waals surface area contributed by atoms with E-state index in [0.717, 1.165) is 19.3 Å². The van der Waals surface area contributed by atoms with Crippen LogP contribution in [0, 0.1) is 5.82 Å². The Morgan fingerprint density at radius 3 is 2.41 bits per heavy atom. The van der Waals surface area contributed by atoms with Gasteiger partial charge in [-0.2, -0.15) is 4.31 Å². The van der Waals surface area contributed by atoms with E-state index < -0.39 is 28.5 Å². The van der Waals surface area contributed by atoms with E-state index in [0.29, 0.717) is 18.7 Å². The summed E-state index contributed by atoms with van der Waals surface area (Å²) < 4.78 is 45.2. The Bertz CT molecular complexity index is 1090. The van der Waals surface area contributed by atoms with Gasteiger partial charge in [0.2, 0.25) is 10.0 Å². The largest absolute Gasteiger partial charge is 0.452 e. The van der Waals surface area contributed by atoms with Gasteiger partial charge in [0.25, 0.3) is 5.91 Å². The van der Waals surface area contributed by atoms with Crippen molar-refractivity contribution in [2.45, 2.75) is 30.7 Å². The first-order valence-corrected chi connectivity index (χ1v) is 12.0. The summed E-state index contributed by atoms with van der Waals surface area (Å²) in [5.74, 6) is -1.75. The van der Waals surface area contributed by atoms with E-state index in [-0.39, 0.29) is 27.8 Å². The summed E-state index contributed by atoms with van der Waals surface area (Å²) in [4.78, 5) is 26.1.